The van der Waals surface area contributed by atoms with Crippen LogP contribution in [0.5, 0.6) is 0 Å². The van der Waals surface area contributed by atoms with E-state index >= 15 is 0 Å². The molecule has 0 heterocycles. The molecule has 0 saturated carbocycles. The Balaban J connectivity index is 6.33. The van der Waals surface area contributed by atoms with Gasteiger partial charge in [0.25, 0.3) is 5.41 Å². The Labute approximate surface area is 167 Å². The van der Waals surface area contributed by atoms with E-state index in [-0.39, 0.29) is 0 Å². The molecular formula is C19H42O7Si. The molecule has 0 amide bonds. The summed E-state index contributed by atoms with van der Waals surface area (Å²) in [5.41, 5.74) is -1.32. The van der Waals surface area contributed by atoms with Gasteiger partial charge in [-0.15, -0.1) is 0 Å². The van der Waals surface area contributed by atoms with Crippen LogP contribution in [0.2, 0.25) is 0 Å². The molecule has 0 spiro atoms. The van der Waals surface area contributed by atoms with Gasteiger partial charge < -0.3 is 32.2 Å². The van der Waals surface area contributed by atoms with Gasteiger partial charge in [0.15, 0.2) is 6.29 Å². The predicted octanol–water partition coefficient (Wildman–Crippen LogP) is 3.91. The van der Waals surface area contributed by atoms with E-state index in [9.17, 15) is 0 Å². The number of methoxy groups -OCH3 is 1. The molecule has 0 aliphatic heterocycles. The van der Waals surface area contributed by atoms with Crippen molar-refractivity contribution in [1.82, 2.24) is 0 Å². The SMILES string of the molecule is CCCOC(C)C(OCCC)(OC(CC)OC)[Si](OCC)(OCC)OCC. The molecule has 8 heteroatoms. The quantitative estimate of drug-likeness (QED) is 0.251. The van der Waals surface area contributed by atoms with Crippen molar-refractivity contribution in [3.8, 4) is 0 Å². The molecule has 0 bridgehead atoms. The fourth-order valence-corrected chi connectivity index (χ4v) is 5.93. The van der Waals surface area contributed by atoms with Crippen molar-refractivity contribution in [3.05, 3.63) is 0 Å². The van der Waals surface area contributed by atoms with Crippen LogP contribution in [0.25, 0.3) is 0 Å². The third-order valence-electron chi connectivity index (χ3n) is 3.96. The van der Waals surface area contributed by atoms with Crippen LogP contribution >= 0.6 is 0 Å². The first-order valence-electron chi connectivity index (χ1n) is 10.3. The molecule has 0 saturated heterocycles. The van der Waals surface area contributed by atoms with Crippen LogP contribution in [0.15, 0.2) is 0 Å². The summed E-state index contributed by atoms with van der Waals surface area (Å²) in [6.07, 6.45) is 1.36. The molecule has 27 heavy (non-hydrogen) atoms. The Hall–Kier alpha value is -0.0631. The maximum Gasteiger partial charge on any atom is 0.566 e. The Morgan fingerprint density at radius 3 is 1.70 bits per heavy atom. The second kappa shape index (κ2) is 14.9. The average molecular weight is 411 g/mol. The Kier molecular flexibility index (Phi) is 14.8. The number of rotatable bonds is 18. The van der Waals surface area contributed by atoms with E-state index in [1.807, 2.05) is 41.5 Å². The molecule has 164 valence electrons. The molecule has 0 aromatic carbocycles. The summed E-state index contributed by atoms with van der Waals surface area (Å²) < 4.78 is 42.9. The lowest BCUT2D eigenvalue weighted by atomic mass is 10.3. The highest BCUT2D eigenvalue weighted by Gasteiger charge is 2.68. The van der Waals surface area contributed by atoms with E-state index in [0.717, 1.165) is 12.8 Å². The summed E-state index contributed by atoms with van der Waals surface area (Å²) in [4.78, 5) is 0. The number of hydrogen-bond acceptors (Lipinski definition) is 7. The van der Waals surface area contributed by atoms with E-state index in [2.05, 4.69) is 6.92 Å². The minimum Gasteiger partial charge on any atom is -0.373 e. The summed E-state index contributed by atoms with van der Waals surface area (Å²) in [6.45, 7) is 16.0. The lowest BCUT2D eigenvalue weighted by Gasteiger charge is -2.47. The van der Waals surface area contributed by atoms with Crippen molar-refractivity contribution in [2.24, 2.45) is 0 Å². The highest BCUT2D eigenvalue weighted by atomic mass is 28.4. The van der Waals surface area contributed by atoms with Crippen LogP contribution in [0.3, 0.4) is 0 Å². The highest BCUT2D eigenvalue weighted by molar-refractivity contribution is 6.63. The molecule has 0 aromatic rings. The maximum absolute atomic E-state index is 6.44. The molecule has 0 radical (unpaired) electrons. The molecule has 0 N–H and O–H groups in total. The fourth-order valence-electron chi connectivity index (χ4n) is 2.80. The van der Waals surface area contributed by atoms with E-state index in [0.29, 0.717) is 39.5 Å². The van der Waals surface area contributed by atoms with Crippen molar-refractivity contribution in [2.45, 2.75) is 85.5 Å². The summed E-state index contributed by atoms with van der Waals surface area (Å²) in [5.74, 6) is 0. The number of hydrogen-bond donors (Lipinski definition) is 0. The van der Waals surface area contributed by atoms with Gasteiger partial charge in [0.2, 0.25) is 0 Å². The third kappa shape index (κ3) is 7.36. The summed E-state index contributed by atoms with van der Waals surface area (Å²) in [5, 5.41) is 0. The highest BCUT2D eigenvalue weighted by Crippen LogP contribution is 2.37. The largest absolute Gasteiger partial charge is 0.566 e. The van der Waals surface area contributed by atoms with Gasteiger partial charge in [0.05, 0.1) is 0 Å². The first-order chi connectivity index (χ1) is 13.0. The fraction of sp³-hybridized carbons (Fsp3) is 1.00. The Morgan fingerprint density at radius 2 is 1.33 bits per heavy atom. The normalized spacial score (nSPS) is 16.9. The molecule has 3 unspecified atom stereocenters. The molecule has 7 nitrogen and oxygen atoms in total. The van der Waals surface area contributed by atoms with Crippen LogP contribution in [0, 0.1) is 0 Å². The van der Waals surface area contributed by atoms with Gasteiger partial charge in [0.1, 0.15) is 6.10 Å². The van der Waals surface area contributed by atoms with Crippen molar-refractivity contribution < 1.29 is 32.2 Å². The summed E-state index contributed by atoms with van der Waals surface area (Å²) >= 11 is 0. The zero-order chi connectivity index (χ0) is 20.8. The Bertz CT molecular complexity index is 338. The molecule has 0 rings (SSSR count). The van der Waals surface area contributed by atoms with Crippen molar-refractivity contribution >= 4 is 8.80 Å². The van der Waals surface area contributed by atoms with Crippen LogP contribution in [-0.4, -0.2) is 66.8 Å². The van der Waals surface area contributed by atoms with Crippen LogP contribution in [0.4, 0.5) is 0 Å². The van der Waals surface area contributed by atoms with Crippen LogP contribution in [0.1, 0.15) is 67.7 Å². The molecular weight excluding hydrogens is 368 g/mol. The molecule has 0 fully saturated rings. The minimum absolute atomic E-state index is 0.414. The van der Waals surface area contributed by atoms with E-state index < -0.39 is 26.6 Å². The number of ether oxygens (including phenoxy) is 4. The topological polar surface area (TPSA) is 64.6 Å². The Morgan fingerprint density at radius 1 is 0.815 bits per heavy atom. The molecule has 0 aliphatic carbocycles. The van der Waals surface area contributed by atoms with Crippen molar-refractivity contribution in [1.29, 1.82) is 0 Å². The van der Waals surface area contributed by atoms with E-state index in [1.165, 1.54) is 0 Å². The second-order valence-corrected chi connectivity index (χ2v) is 8.75. The van der Waals surface area contributed by atoms with E-state index in [1.54, 1.807) is 7.11 Å². The first kappa shape index (κ1) is 26.9. The molecule has 0 aliphatic rings. The smallest absolute Gasteiger partial charge is 0.373 e. The summed E-state index contributed by atoms with van der Waals surface area (Å²) in [6, 6.07) is 0. The zero-order valence-electron chi connectivity index (χ0n) is 18.7. The van der Waals surface area contributed by atoms with Gasteiger partial charge in [-0.2, -0.15) is 0 Å². The average Bonchev–Trinajstić information content (AvgIpc) is 2.67. The lowest BCUT2D eigenvalue weighted by molar-refractivity contribution is -0.324. The van der Waals surface area contributed by atoms with Gasteiger partial charge >= 0.3 is 8.80 Å². The van der Waals surface area contributed by atoms with Gasteiger partial charge in [-0.05, 0) is 47.0 Å². The predicted molar refractivity (Wildman–Crippen MR) is 107 cm³/mol. The first-order valence-corrected chi connectivity index (χ1v) is 12.1. The molecule has 3 atom stereocenters. The second-order valence-electron chi connectivity index (χ2n) is 6.08. The third-order valence-corrected chi connectivity index (χ3v) is 7.49. The van der Waals surface area contributed by atoms with Crippen molar-refractivity contribution in [2.75, 3.05) is 40.1 Å². The minimum atomic E-state index is -3.47. The standard InChI is InChI=1S/C19H42O7Si/c1-9-15-21-17(7)19(22-16-10-2,26-18(11-3)20-8)27(23-12-4,24-13-5)25-14-6/h17-18H,9-16H2,1-8H3. The van der Waals surface area contributed by atoms with Crippen molar-refractivity contribution in [3.63, 3.8) is 0 Å². The lowest BCUT2D eigenvalue weighted by Crippen LogP contribution is -2.73. The summed E-state index contributed by atoms with van der Waals surface area (Å²) in [7, 11) is -1.86. The monoisotopic (exact) mass is 410 g/mol. The van der Waals surface area contributed by atoms with Crippen LogP contribution < -0.4 is 0 Å². The van der Waals surface area contributed by atoms with Gasteiger partial charge in [-0.1, -0.05) is 20.8 Å². The van der Waals surface area contributed by atoms with Gasteiger partial charge in [0, 0.05) is 40.1 Å². The van der Waals surface area contributed by atoms with Gasteiger partial charge in [-0.25, -0.2) is 0 Å². The van der Waals surface area contributed by atoms with E-state index in [4.69, 9.17) is 32.2 Å². The maximum atomic E-state index is 6.44. The zero-order valence-corrected chi connectivity index (χ0v) is 19.7. The van der Waals surface area contributed by atoms with Gasteiger partial charge in [-0.3, -0.25) is 0 Å². The van der Waals surface area contributed by atoms with Crippen LogP contribution in [-0.2, 0) is 32.2 Å². The molecule has 0 aromatic heterocycles.